The quantitative estimate of drug-likeness (QED) is 0.376. The van der Waals surface area contributed by atoms with Gasteiger partial charge in [-0.3, -0.25) is 0 Å². The first kappa shape index (κ1) is 11.3. The van der Waals surface area contributed by atoms with Crippen LogP contribution in [0.2, 0.25) is 0 Å². The SMILES string of the molecule is CON=C(C)C1CCC(C)=CC1(C)C. The molecule has 0 radical (unpaired) electrons. The molecule has 0 aromatic heterocycles. The molecule has 0 amide bonds. The van der Waals surface area contributed by atoms with Crippen LogP contribution in [0, 0.1) is 11.3 Å². The minimum Gasteiger partial charge on any atom is -0.399 e. The molecular weight excluding hydrogens is 174 g/mol. The van der Waals surface area contributed by atoms with Gasteiger partial charge in [0.05, 0.1) is 5.71 Å². The van der Waals surface area contributed by atoms with Gasteiger partial charge in [0.15, 0.2) is 0 Å². The van der Waals surface area contributed by atoms with Gasteiger partial charge < -0.3 is 4.84 Å². The Morgan fingerprint density at radius 3 is 2.71 bits per heavy atom. The van der Waals surface area contributed by atoms with E-state index in [1.165, 1.54) is 18.4 Å². The smallest absolute Gasteiger partial charge is 0.106 e. The molecule has 1 unspecified atom stereocenters. The first-order chi connectivity index (χ1) is 6.47. The summed E-state index contributed by atoms with van der Waals surface area (Å²) in [5.41, 5.74) is 2.83. The lowest BCUT2D eigenvalue weighted by molar-refractivity contribution is 0.205. The minimum atomic E-state index is 0.217. The average Bonchev–Trinajstić information content (AvgIpc) is 2.01. The van der Waals surface area contributed by atoms with E-state index in [0.29, 0.717) is 5.92 Å². The monoisotopic (exact) mass is 195 g/mol. The Labute approximate surface area is 87.0 Å². The second-order valence-corrected chi connectivity index (χ2v) is 4.82. The average molecular weight is 195 g/mol. The van der Waals surface area contributed by atoms with Crippen LogP contribution in [0.4, 0.5) is 0 Å². The summed E-state index contributed by atoms with van der Waals surface area (Å²) in [4.78, 5) is 4.84. The topological polar surface area (TPSA) is 21.6 Å². The van der Waals surface area contributed by atoms with Crippen molar-refractivity contribution in [1.82, 2.24) is 0 Å². The fraction of sp³-hybridized carbons (Fsp3) is 0.750. The maximum absolute atomic E-state index is 4.84. The number of hydrogen-bond donors (Lipinski definition) is 0. The highest BCUT2D eigenvalue weighted by molar-refractivity contribution is 5.85. The van der Waals surface area contributed by atoms with E-state index < -0.39 is 0 Å². The summed E-state index contributed by atoms with van der Waals surface area (Å²) in [6, 6.07) is 0. The van der Waals surface area contributed by atoms with E-state index in [2.05, 4.69) is 38.9 Å². The van der Waals surface area contributed by atoms with Gasteiger partial charge in [0, 0.05) is 5.92 Å². The van der Waals surface area contributed by atoms with E-state index in [-0.39, 0.29) is 5.41 Å². The van der Waals surface area contributed by atoms with E-state index >= 15 is 0 Å². The third kappa shape index (κ3) is 2.37. The van der Waals surface area contributed by atoms with Gasteiger partial charge in [-0.25, -0.2) is 0 Å². The predicted octanol–water partition coefficient (Wildman–Crippen LogP) is 3.39. The molecular formula is C12H21NO. The summed E-state index contributed by atoms with van der Waals surface area (Å²) in [5, 5.41) is 4.06. The van der Waals surface area contributed by atoms with E-state index in [4.69, 9.17) is 4.84 Å². The Balaban J connectivity index is 2.87. The van der Waals surface area contributed by atoms with Crippen molar-refractivity contribution in [2.75, 3.05) is 7.11 Å². The second-order valence-electron chi connectivity index (χ2n) is 4.82. The molecule has 1 aliphatic carbocycles. The third-order valence-corrected chi connectivity index (χ3v) is 3.08. The van der Waals surface area contributed by atoms with E-state index in [0.717, 1.165) is 5.71 Å². The number of oxime groups is 1. The molecule has 0 aromatic rings. The van der Waals surface area contributed by atoms with Gasteiger partial charge in [0.1, 0.15) is 7.11 Å². The Morgan fingerprint density at radius 2 is 2.21 bits per heavy atom. The van der Waals surface area contributed by atoms with E-state index in [1.807, 2.05) is 0 Å². The summed E-state index contributed by atoms with van der Waals surface area (Å²) in [6.07, 6.45) is 4.74. The molecule has 0 heterocycles. The van der Waals surface area contributed by atoms with Gasteiger partial charge in [-0.2, -0.15) is 0 Å². The normalized spacial score (nSPS) is 27.1. The summed E-state index contributed by atoms with van der Waals surface area (Å²) in [5.74, 6) is 0.520. The molecule has 0 spiro atoms. The molecule has 14 heavy (non-hydrogen) atoms. The van der Waals surface area contributed by atoms with E-state index in [1.54, 1.807) is 7.11 Å². The fourth-order valence-electron chi connectivity index (χ4n) is 2.51. The molecule has 80 valence electrons. The zero-order valence-corrected chi connectivity index (χ0v) is 9.92. The fourth-order valence-corrected chi connectivity index (χ4v) is 2.51. The van der Waals surface area contributed by atoms with Gasteiger partial charge in [0.2, 0.25) is 0 Å². The van der Waals surface area contributed by atoms with Crippen LogP contribution in [0.5, 0.6) is 0 Å². The first-order valence-corrected chi connectivity index (χ1v) is 5.23. The summed E-state index contributed by atoms with van der Waals surface area (Å²) in [7, 11) is 1.61. The van der Waals surface area contributed by atoms with Crippen LogP contribution in [0.15, 0.2) is 16.8 Å². The lowest BCUT2D eigenvalue weighted by Gasteiger charge is -2.35. The zero-order chi connectivity index (χ0) is 10.8. The van der Waals surface area contributed by atoms with Crippen LogP contribution in [0.25, 0.3) is 0 Å². The van der Waals surface area contributed by atoms with Crippen molar-refractivity contribution in [3.05, 3.63) is 11.6 Å². The highest BCUT2D eigenvalue weighted by Crippen LogP contribution is 2.39. The number of allylic oxidation sites excluding steroid dienone is 2. The van der Waals surface area contributed by atoms with Crippen molar-refractivity contribution in [2.45, 2.75) is 40.5 Å². The number of hydrogen-bond acceptors (Lipinski definition) is 2. The van der Waals surface area contributed by atoms with Gasteiger partial charge >= 0.3 is 0 Å². The highest BCUT2D eigenvalue weighted by Gasteiger charge is 2.32. The van der Waals surface area contributed by atoms with Gasteiger partial charge in [0.25, 0.3) is 0 Å². The van der Waals surface area contributed by atoms with Crippen molar-refractivity contribution >= 4 is 5.71 Å². The Morgan fingerprint density at radius 1 is 1.57 bits per heavy atom. The van der Waals surface area contributed by atoms with Crippen LogP contribution >= 0.6 is 0 Å². The zero-order valence-electron chi connectivity index (χ0n) is 9.92. The first-order valence-electron chi connectivity index (χ1n) is 5.23. The molecule has 0 N–H and O–H groups in total. The lowest BCUT2D eigenvalue weighted by atomic mass is 9.69. The van der Waals surface area contributed by atoms with Crippen LogP contribution in [-0.2, 0) is 4.84 Å². The van der Waals surface area contributed by atoms with Gasteiger partial charge in [-0.15, -0.1) is 0 Å². The molecule has 0 bridgehead atoms. The van der Waals surface area contributed by atoms with Crippen LogP contribution in [0.3, 0.4) is 0 Å². The van der Waals surface area contributed by atoms with Crippen molar-refractivity contribution in [2.24, 2.45) is 16.5 Å². The van der Waals surface area contributed by atoms with Gasteiger partial charge in [-0.05, 0) is 32.1 Å². The van der Waals surface area contributed by atoms with Gasteiger partial charge in [-0.1, -0.05) is 30.7 Å². The van der Waals surface area contributed by atoms with Crippen LogP contribution in [0.1, 0.15) is 40.5 Å². The number of nitrogens with zero attached hydrogens (tertiary/aromatic N) is 1. The molecule has 0 saturated heterocycles. The molecule has 0 saturated carbocycles. The third-order valence-electron chi connectivity index (χ3n) is 3.08. The van der Waals surface area contributed by atoms with Crippen molar-refractivity contribution < 1.29 is 4.84 Å². The van der Waals surface area contributed by atoms with Crippen molar-refractivity contribution in [3.8, 4) is 0 Å². The Kier molecular flexibility index (Phi) is 3.35. The van der Waals surface area contributed by atoms with Crippen molar-refractivity contribution in [1.29, 1.82) is 0 Å². The molecule has 2 heteroatoms. The lowest BCUT2D eigenvalue weighted by Crippen LogP contribution is -2.31. The molecule has 2 nitrogen and oxygen atoms in total. The molecule has 0 aromatic carbocycles. The molecule has 1 aliphatic rings. The van der Waals surface area contributed by atoms with Crippen LogP contribution in [-0.4, -0.2) is 12.8 Å². The maximum atomic E-state index is 4.84. The molecule has 0 fully saturated rings. The predicted molar refractivity (Wildman–Crippen MR) is 60.4 cm³/mol. The summed E-state index contributed by atoms with van der Waals surface area (Å²) >= 11 is 0. The standard InChI is InChI=1S/C12H21NO/c1-9-6-7-11(10(2)13-14-5)12(3,4)8-9/h8,11H,6-7H2,1-5H3. The Bertz CT molecular complexity index is 263. The number of rotatable bonds is 2. The van der Waals surface area contributed by atoms with Crippen LogP contribution < -0.4 is 0 Å². The minimum absolute atomic E-state index is 0.217. The Hall–Kier alpha value is -0.790. The molecule has 1 rings (SSSR count). The summed E-state index contributed by atoms with van der Waals surface area (Å²) < 4.78 is 0. The molecule has 0 aliphatic heterocycles. The highest BCUT2D eigenvalue weighted by atomic mass is 16.6. The summed E-state index contributed by atoms with van der Waals surface area (Å²) in [6.45, 7) is 8.81. The van der Waals surface area contributed by atoms with Crippen molar-refractivity contribution in [3.63, 3.8) is 0 Å². The largest absolute Gasteiger partial charge is 0.399 e. The second kappa shape index (κ2) is 4.16. The van der Waals surface area contributed by atoms with E-state index in [9.17, 15) is 0 Å². The maximum Gasteiger partial charge on any atom is 0.106 e. The molecule has 1 atom stereocenters.